The van der Waals surface area contributed by atoms with Crippen LogP contribution in [0, 0.1) is 0 Å². The van der Waals surface area contributed by atoms with Gasteiger partial charge in [-0.2, -0.15) is 0 Å². The first-order chi connectivity index (χ1) is 11.7. The molecular formula is C21H41NO3. The lowest BCUT2D eigenvalue weighted by Gasteiger charge is -2.36. The van der Waals surface area contributed by atoms with Crippen molar-refractivity contribution in [2.45, 2.75) is 89.6 Å². The first kappa shape index (κ1) is 24.1. The number of carbonyl (C=O) groups excluding carboxylic acids is 1. The minimum absolute atomic E-state index is 0.271. The molecule has 0 saturated carbocycles. The molecule has 25 heavy (non-hydrogen) atoms. The van der Waals surface area contributed by atoms with Crippen molar-refractivity contribution in [1.29, 1.82) is 0 Å². The number of likely N-dealkylation sites (N-methyl/N-ethyl adjacent to an activating group) is 1. The summed E-state index contributed by atoms with van der Waals surface area (Å²) in [4.78, 5) is 10.9. The number of aliphatic carboxylic acids is 1. The Balaban J connectivity index is 3.81. The smallest absolute Gasteiger partial charge is 0.119 e. The van der Waals surface area contributed by atoms with E-state index in [9.17, 15) is 15.0 Å². The lowest BCUT2D eigenvalue weighted by molar-refractivity contribution is -0.877. The standard InChI is InChI=1S/C21H41NO3/c1-5-6-7-8-9-10-11-12-13-14-15-16-17-21(25,18-20(23)24)19-22(2,3)4/h8-9,25H,5-7,10-19H2,1-4H3/b9-8-/t21-/m1/s1. The Morgan fingerprint density at radius 3 is 2.00 bits per heavy atom. The molecule has 4 nitrogen and oxygen atoms in total. The zero-order valence-corrected chi connectivity index (χ0v) is 17.1. The van der Waals surface area contributed by atoms with Gasteiger partial charge in [0.05, 0.1) is 21.1 Å². The average molecular weight is 356 g/mol. The van der Waals surface area contributed by atoms with Crippen LogP contribution < -0.4 is 5.11 Å². The lowest BCUT2D eigenvalue weighted by atomic mass is 9.91. The van der Waals surface area contributed by atoms with Crippen LogP contribution in [-0.4, -0.2) is 48.8 Å². The molecule has 1 N–H and O–H groups in total. The van der Waals surface area contributed by atoms with Gasteiger partial charge in [0.25, 0.3) is 0 Å². The molecular weight excluding hydrogens is 314 g/mol. The van der Waals surface area contributed by atoms with Crippen molar-refractivity contribution in [3.63, 3.8) is 0 Å². The molecule has 0 fully saturated rings. The van der Waals surface area contributed by atoms with E-state index in [2.05, 4.69) is 19.1 Å². The molecule has 0 aliphatic rings. The van der Waals surface area contributed by atoms with E-state index < -0.39 is 11.6 Å². The second-order valence-corrected chi connectivity index (χ2v) is 8.50. The Morgan fingerprint density at radius 2 is 1.48 bits per heavy atom. The Bertz CT molecular complexity index is 374. The van der Waals surface area contributed by atoms with Crippen molar-refractivity contribution in [2.24, 2.45) is 0 Å². The van der Waals surface area contributed by atoms with Gasteiger partial charge in [-0.3, -0.25) is 0 Å². The molecule has 0 bridgehead atoms. The van der Waals surface area contributed by atoms with E-state index in [1.54, 1.807) is 0 Å². The zero-order chi connectivity index (χ0) is 19.2. The maximum atomic E-state index is 10.9. The fraction of sp³-hybridized carbons (Fsp3) is 0.857. The molecule has 0 saturated heterocycles. The van der Waals surface area contributed by atoms with Gasteiger partial charge in [0.1, 0.15) is 12.1 Å². The highest BCUT2D eigenvalue weighted by Crippen LogP contribution is 2.22. The molecule has 0 spiro atoms. The first-order valence-corrected chi connectivity index (χ1v) is 10.1. The summed E-state index contributed by atoms with van der Waals surface area (Å²) < 4.78 is 0.551. The van der Waals surface area contributed by atoms with Crippen molar-refractivity contribution in [2.75, 3.05) is 27.7 Å². The number of rotatable bonds is 16. The minimum Gasteiger partial charge on any atom is -0.550 e. The highest BCUT2D eigenvalue weighted by molar-refractivity contribution is 5.65. The Hall–Kier alpha value is -0.870. The van der Waals surface area contributed by atoms with Crippen LogP contribution in [0.2, 0.25) is 0 Å². The quantitative estimate of drug-likeness (QED) is 0.262. The SMILES string of the molecule is CCCC/C=C\CCCCCCCC[C@@](O)(CC(=O)[O-])C[N+](C)(C)C. The van der Waals surface area contributed by atoms with E-state index in [1.165, 1.54) is 44.9 Å². The van der Waals surface area contributed by atoms with Gasteiger partial charge >= 0.3 is 0 Å². The minimum atomic E-state index is -1.16. The second kappa shape index (κ2) is 13.3. The van der Waals surface area contributed by atoms with Crippen molar-refractivity contribution in [3.8, 4) is 0 Å². The zero-order valence-electron chi connectivity index (χ0n) is 17.1. The fourth-order valence-corrected chi connectivity index (χ4v) is 3.36. The summed E-state index contributed by atoms with van der Waals surface area (Å²) in [5.74, 6) is -1.16. The molecule has 0 aromatic carbocycles. The maximum Gasteiger partial charge on any atom is 0.119 e. The maximum absolute atomic E-state index is 10.9. The summed E-state index contributed by atoms with van der Waals surface area (Å²) in [5, 5.41) is 21.6. The van der Waals surface area contributed by atoms with Crippen LogP contribution in [-0.2, 0) is 4.79 Å². The third-order valence-electron chi connectivity index (χ3n) is 4.40. The highest BCUT2D eigenvalue weighted by atomic mass is 16.4. The molecule has 0 amide bonds. The van der Waals surface area contributed by atoms with Crippen LogP contribution in [0.3, 0.4) is 0 Å². The topological polar surface area (TPSA) is 60.4 Å². The molecule has 0 unspecified atom stereocenters. The number of quaternary nitrogens is 1. The number of carboxylic acid groups (broad SMARTS) is 1. The number of carbonyl (C=O) groups is 1. The number of unbranched alkanes of at least 4 members (excludes halogenated alkanes) is 8. The number of hydrogen-bond acceptors (Lipinski definition) is 3. The van der Waals surface area contributed by atoms with Gasteiger partial charge < -0.3 is 19.5 Å². The Labute approximate surface area is 155 Å². The molecule has 0 radical (unpaired) electrons. The number of carboxylic acids is 1. The molecule has 0 aliphatic carbocycles. The normalized spacial score (nSPS) is 14.8. The summed E-state index contributed by atoms with van der Waals surface area (Å²) in [6.07, 6.45) is 16.6. The molecule has 0 aromatic heterocycles. The summed E-state index contributed by atoms with van der Waals surface area (Å²) in [5.41, 5.74) is -1.15. The lowest BCUT2D eigenvalue weighted by Crippen LogP contribution is -2.51. The van der Waals surface area contributed by atoms with Crippen LogP contribution in [0.1, 0.15) is 84.0 Å². The summed E-state index contributed by atoms with van der Waals surface area (Å²) in [6.45, 7) is 2.65. The number of allylic oxidation sites excluding steroid dienone is 2. The van der Waals surface area contributed by atoms with Crippen LogP contribution in [0.5, 0.6) is 0 Å². The molecule has 0 aromatic rings. The second-order valence-electron chi connectivity index (χ2n) is 8.50. The Morgan fingerprint density at radius 1 is 0.960 bits per heavy atom. The number of aliphatic hydroxyl groups is 1. The third kappa shape index (κ3) is 16.4. The molecule has 0 rings (SSSR count). The number of nitrogens with zero attached hydrogens (tertiary/aromatic N) is 1. The van der Waals surface area contributed by atoms with Gasteiger partial charge in [-0.1, -0.05) is 64.0 Å². The summed E-state index contributed by atoms with van der Waals surface area (Å²) in [7, 11) is 5.91. The van der Waals surface area contributed by atoms with Crippen LogP contribution >= 0.6 is 0 Å². The van der Waals surface area contributed by atoms with Gasteiger partial charge in [0.2, 0.25) is 0 Å². The van der Waals surface area contributed by atoms with Gasteiger partial charge in [-0.15, -0.1) is 0 Å². The fourth-order valence-electron chi connectivity index (χ4n) is 3.36. The molecule has 148 valence electrons. The largest absolute Gasteiger partial charge is 0.550 e. The van der Waals surface area contributed by atoms with Crippen LogP contribution in [0.25, 0.3) is 0 Å². The van der Waals surface area contributed by atoms with Crippen molar-refractivity contribution in [1.82, 2.24) is 0 Å². The van der Waals surface area contributed by atoms with Crippen molar-refractivity contribution < 1.29 is 19.5 Å². The molecule has 4 heteroatoms. The van der Waals surface area contributed by atoms with Gasteiger partial charge in [-0.05, 0) is 25.7 Å². The van der Waals surface area contributed by atoms with Crippen LogP contribution in [0.4, 0.5) is 0 Å². The Kier molecular flexibility index (Phi) is 12.9. The predicted octanol–water partition coefficient (Wildman–Crippen LogP) is 3.43. The van der Waals surface area contributed by atoms with Crippen molar-refractivity contribution >= 4 is 5.97 Å². The molecule has 0 heterocycles. The van der Waals surface area contributed by atoms with Gasteiger partial charge in [-0.25, -0.2) is 0 Å². The van der Waals surface area contributed by atoms with E-state index in [1.807, 2.05) is 21.1 Å². The van der Waals surface area contributed by atoms with Gasteiger partial charge in [0.15, 0.2) is 0 Å². The van der Waals surface area contributed by atoms with E-state index in [-0.39, 0.29) is 6.42 Å². The highest BCUT2D eigenvalue weighted by Gasteiger charge is 2.33. The van der Waals surface area contributed by atoms with Crippen LogP contribution in [0.15, 0.2) is 12.2 Å². The van der Waals surface area contributed by atoms with E-state index >= 15 is 0 Å². The average Bonchev–Trinajstić information content (AvgIpc) is 2.45. The van der Waals surface area contributed by atoms with E-state index in [0.29, 0.717) is 17.4 Å². The predicted molar refractivity (Wildman–Crippen MR) is 103 cm³/mol. The molecule has 0 aliphatic heterocycles. The van der Waals surface area contributed by atoms with E-state index in [4.69, 9.17) is 0 Å². The third-order valence-corrected chi connectivity index (χ3v) is 4.40. The van der Waals surface area contributed by atoms with Crippen molar-refractivity contribution in [3.05, 3.63) is 12.2 Å². The monoisotopic (exact) mass is 355 g/mol. The summed E-state index contributed by atoms with van der Waals surface area (Å²) in [6, 6.07) is 0. The van der Waals surface area contributed by atoms with E-state index in [0.717, 1.165) is 19.3 Å². The summed E-state index contributed by atoms with van der Waals surface area (Å²) >= 11 is 0. The first-order valence-electron chi connectivity index (χ1n) is 10.1. The molecule has 1 atom stereocenters. The number of hydrogen-bond donors (Lipinski definition) is 1. The van der Waals surface area contributed by atoms with Gasteiger partial charge in [0, 0.05) is 12.4 Å².